The van der Waals surface area contributed by atoms with Gasteiger partial charge in [0.1, 0.15) is 5.75 Å². The Morgan fingerprint density at radius 3 is 2.18 bits per heavy atom. The van der Waals surface area contributed by atoms with E-state index in [4.69, 9.17) is 0 Å². The van der Waals surface area contributed by atoms with Crippen LogP contribution in [0.2, 0.25) is 0 Å². The minimum Gasteiger partial charge on any atom is -0.508 e. The number of nitrogens with zero attached hydrogens (tertiary/aromatic N) is 2. The van der Waals surface area contributed by atoms with Gasteiger partial charge in [-0.05, 0) is 31.5 Å². The number of urea groups is 1. The third-order valence-corrected chi connectivity index (χ3v) is 2.72. The lowest BCUT2D eigenvalue weighted by atomic mass is 10.2. The maximum absolute atomic E-state index is 12.0. The number of benzene rings is 1. The van der Waals surface area contributed by atoms with Crippen LogP contribution in [-0.2, 0) is 6.54 Å². The number of hydrogen-bond acceptors (Lipinski definition) is 2. The predicted octanol–water partition coefficient (Wildman–Crippen LogP) is 2.29. The highest BCUT2D eigenvalue weighted by molar-refractivity contribution is 5.74. The second kappa shape index (κ2) is 6.13. The smallest absolute Gasteiger partial charge is 0.320 e. The fraction of sp³-hybridized carbons (Fsp3) is 0.462. The Hall–Kier alpha value is -1.71. The molecule has 0 heterocycles. The van der Waals surface area contributed by atoms with Gasteiger partial charge in [0, 0.05) is 26.7 Å². The molecule has 0 spiro atoms. The van der Waals surface area contributed by atoms with Gasteiger partial charge in [-0.2, -0.15) is 0 Å². The summed E-state index contributed by atoms with van der Waals surface area (Å²) in [5.41, 5.74) is 1.01. The van der Waals surface area contributed by atoms with Crippen molar-refractivity contribution in [2.24, 2.45) is 0 Å². The van der Waals surface area contributed by atoms with Crippen molar-refractivity contribution in [1.29, 1.82) is 0 Å². The summed E-state index contributed by atoms with van der Waals surface area (Å²) >= 11 is 0. The van der Waals surface area contributed by atoms with Gasteiger partial charge in [0.2, 0.25) is 0 Å². The standard InChI is InChI=1S/C13H20N2O2/c1-4-15(5-2)13(17)14(3)10-11-6-8-12(16)9-7-11/h6-9,16H,4-5,10H2,1-3H3. The van der Waals surface area contributed by atoms with Crippen molar-refractivity contribution < 1.29 is 9.90 Å². The van der Waals surface area contributed by atoms with Gasteiger partial charge in [-0.1, -0.05) is 12.1 Å². The molecule has 1 N–H and O–H groups in total. The first kappa shape index (κ1) is 13.4. The summed E-state index contributed by atoms with van der Waals surface area (Å²) in [7, 11) is 1.79. The zero-order chi connectivity index (χ0) is 12.8. The van der Waals surface area contributed by atoms with E-state index in [9.17, 15) is 9.90 Å². The van der Waals surface area contributed by atoms with Crippen LogP contribution in [0.1, 0.15) is 19.4 Å². The van der Waals surface area contributed by atoms with Crippen LogP contribution in [0.3, 0.4) is 0 Å². The Labute approximate surface area is 102 Å². The normalized spacial score (nSPS) is 10.1. The zero-order valence-corrected chi connectivity index (χ0v) is 10.7. The van der Waals surface area contributed by atoms with Crippen molar-refractivity contribution in [2.75, 3.05) is 20.1 Å². The van der Waals surface area contributed by atoms with Gasteiger partial charge in [0.25, 0.3) is 0 Å². The van der Waals surface area contributed by atoms with Crippen LogP contribution in [-0.4, -0.2) is 41.1 Å². The minimum absolute atomic E-state index is 0.0306. The van der Waals surface area contributed by atoms with Crippen LogP contribution in [0.5, 0.6) is 5.75 Å². The van der Waals surface area contributed by atoms with Crippen LogP contribution in [0.25, 0.3) is 0 Å². The molecule has 4 heteroatoms. The molecular formula is C13H20N2O2. The molecule has 1 aromatic rings. The monoisotopic (exact) mass is 236 g/mol. The molecule has 0 unspecified atom stereocenters. The van der Waals surface area contributed by atoms with Gasteiger partial charge < -0.3 is 14.9 Å². The second-order valence-corrected chi connectivity index (χ2v) is 3.98. The van der Waals surface area contributed by atoms with Gasteiger partial charge in [-0.3, -0.25) is 0 Å². The van der Waals surface area contributed by atoms with Crippen LogP contribution < -0.4 is 0 Å². The molecule has 0 aliphatic heterocycles. The molecular weight excluding hydrogens is 216 g/mol. The van der Waals surface area contributed by atoms with E-state index in [1.807, 2.05) is 26.0 Å². The van der Waals surface area contributed by atoms with E-state index < -0.39 is 0 Å². The third kappa shape index (κ3) is 3.66. The third-order valence-electron chi connectivity index (χ3n) is 2.72. The summed E-state index contributed by atoms with van der Waals surface area (Å²) in [4.78, 5) is 15.4. The van der Waals surface area contributed by atoms with E-state index in [0.29, 0.717) is 6.54 Å². The lowest BCUT2D eigenvalue weighted by molar-refractivity contribution is 0.165. The molecule has 1 rings (SSSR count). The maximum Gasteiger partial charge on any atom is 0.320 e. The fourth-order valence-electron chi connectivity index (χ4n) is 1.68. The van der Waals surface area contributed by atoms with Crippen molar-refractivity contribution >= 4 is 6.03 Å². The van der Waals surface area contributed by atoms with Crippen LogP contribution in [0, 0.1) is 0 Å². The van der Waals surface area contributed by atoms with E-state index in [0.717, 1.165) is 18.7 Å². The molecule has 17 heavy (non-hydrogen) atoms. The summed E-state index contributed by atoms with van der Waals surface area (Å²) in [6.45, 7) is 5.92. The number of rotatable bonds is 4. The number of phenols is 1. The number of aromatic hydroxyl groups is 1. The summed E-state index contributed by atoms with van der Waals surface area (Å²) < 4.78 is 0. The molecule has 0 saturated heterocycles. The molecule has 2 amide bonds. The van der Waals surface area contributed by atoms with Crippen molar-refractivity contribution in [2.45, 2.75) is 20.4 Å². The molecule has 94 valence electrons. The predicted molar refractivity (Wildman–Crippen MR) is 67.9 cm³/mol. The molecule has 0 aromatic heterocycles. The number of amides is 2. The van der Waals surface area contributed by atoms with Crippen molar-refractivity contribution in [1.82, 2.24) is 9.80 Å². The van der Waals surface area contributed by atoms with E-state index in [1.165, 1.54) is 0 Å². The first-order valence-electron chi connectivity index (χ1n) is 5.86. The average molecular weight is 236 g/mol. The highest BCUT2D eigenvalue weighted by atomic mass is 16.3. The number of phenolic OH excluding ortho intramolecular Hbond substituents is 1. The summed E-state index contributed by atoms with van der Waals surface area (Å²) in [6.07, 6.45) is 0. The van der Waals surface area contributed by atoms with Gasteiger partial charge in [-0.15, -0.1) is 0 Å². The SMILES string of the molecule is CCN(CC)C(=O)N(C)Cc1ccc(O)cc1. The lowest BCUT2D eigenvalue weighted by Gasteiger charge is -2.26. The second-order valence-electron chi connectivity index (χ2n) is 3.98. The molecule has 0 atom stereocenters. The molecule has 0 aliphatic carbocycles. The summed E-state index contributed by atoms with van der Waals surface area (Å²) in [6, 6.07) is 6.93. The Morgan fingerprint density at radius 2 is 1.71 bits per heavy atom. The highest BCUT2D eigenvalue weighted by Gasteiger charge is 2.14. The topological polar surface area (TPSA) is 43.8 Å². The van der Waals surface area contributed by atoms with E-state index >= 15 is 0 Å². The number of carbonyl (C=O) groups is 1. The quantitative estimate of drug-likeness (QED) is 0.871. The first-order chi connectivity index (χ1) is 8.08. The first-order valence-corrected chi connectivity index (χ1v) is 5.86. The average Bonchev–Trinajstić information content (AvgIpc) is 2.33. The van der Waals surface area contributed by atoms with Crippen molar-refractivity contribution in [3.63, 3.8) is 0 Å². The van der Waals surface area contributed by atoms with Gasteiger partial charge in [0.15, 0.2) is 0 Å². The van der Waals surface area contributed by atoms with Crippen molar-refractivity contribution in [3.8, 4) is 5.75 Å². The Balaban J connectivity index is 2.62. The van der Waals surface area contributed by atoms with E-state index in [2.05, 4.69) is 0 Å². The maximum atomic E-state index is 12.0. The Bertz CT molecular complexity index is 358. The zero-order valence-electron chi connectivity index (χ0n) is 10.7. The molecule has 4 nitrogen and oxygen atoms in total. The number of hydrogen-bond donors (Lipinski definition) is 1. The van der Waals surface area contributed by atoms with Gasteiger partial charge >= 0.3 is 6.03 Å². The lowest BCUT2D eigenvalue weighted by Crippen LogP contribution is -2.40. The minimum atomic E-state index is 0.0306. The van der Waals surface area contributed by atoms with Crippen LogP contribution >= 0.6 is 0 Å². The summed E-state index contributed by atoms with van der Waals surface area (Å²) in [5.74, 6) is 0.242. The van der Waals surface area contributed by atoms with E-state index in [1.54, 1.807) is 29.0 Å². The molecule has 0 bridgehead atoms. The molecule has 0 saturated carbocycles. The molecule has 0 aliphatic rings. The molecule has 0 fully saturated rings. The Morgan fingerprint density at radius 1 is 1.18 bits per heavy atom. The largest absolute Gasteiger partial charge is 0.508 e. The van der Waals surface area contributed by atoms with Crippen LogP contribution in [0.15, 0.2) is 24.3 Å². The van der Waals surface area contributed by atoms with Gasteiger partial charge in [-0.25, -0.2) is 4.79 Å². The summed E-state index contributed by atoms with van der Waals surface area (Å²) in [5, 5.41) is 9.18. The van der Waals surface area contributed by atoms with Crippen LogP contribution in [0.4, 0.5) is 4.79 Å². The van der Waals surface area contributed by atoms with E-state index in [-0.39, 0.29) is 11.8 Å². The Kier molecular flexibility index (Phi) is 4.82. The molecule has 1 aromatic carbocycles. The fourth-order valence-corrected chi connectivity index (χ4v) is 1.68. The van der Waals surface area contributed by atoms with Gasteiger partial charge in [0.05, 0.1) is 0 Å². The molecule has 0 radical (unpaired) electrons. The van der Waals surface area contributed by atoms with Crippen molar-refractivity contribution in [3.05, 3.63) is 29.8 Å². The number of carbonyl (C=O) groups excluding carboxylic acids is 1. The highest BCUT2D eigenvalue weighted by Crippen LogP contribution is 2.11.